The highest BCUT2D eigenvalue weighted by atomic mass is 16.7. The molecule has 1 aliphatic heterocycles. The molecule has 0 atom stereocenters. The lowest BCUT2D eigenvalue weighted by Crippen LogP contribution is -2.27. The Kier molecular flexibility index (Phi) is 4.36. The van der Waals surface area contributed by atoms with Gasteiger partial charge in [0.25, 0.3) is 0 Å². The molecule has 0 unspecified atom stereocenters. The van der Waals surface area contributed by atoms with Gasteiger partial charge < -0.3 is 19.8 Å². The van der Waals surface area contributed by atoms with Crippen LogP contribution in [0, 0.1) is 0 Å². The number of benzene rings is 2. The minimum absolute atomic E-state index is 0.0167. The Hall–Kier alpha value is -3.28. The summed E-state index contributed by atoms with van der Waals surface area (Å²) in [5, 5.41) is 4.21. The maximum atomic E-state index is 13.3. The van der Waals surface area contributed by atoms with Crippen molar-refractivity contribution in [3.8, 4) is 11.5 Å². The third kappa shape index (κ3) is 3.26. The first-order valence-electron chi connectivity index (χ1n) is 10.6. The molecule has 6 heteroatoms. The van der Waals surface area contributed by atoms with Gasteiger partial charge in [0.15, 0.2) is 11.5 Å². The van der Waals surface area contributed by atoms with Crippen LogP contribution in [-0.2, 0) is 15.6 Å². The van der Waals surface area contributed by atoms with Crippen LogP contribution in [0.3, 0.4) is 0 Å². The topological polar surface area (TPSA) is 75.7 Å². The first-order chi connectivity index (χ1) is 14.8. The minimum Gasteiger partial charge on any atom is -0.454 e. The fraction of sp³-hybridized carbons (Fsp3) is 0.360. The highest BCUT2D eigenvalue weighted by Crippen LogP contribution is 2.51. The van der Waals surface area contributed by atoms with Crippen molar-refractivity contribution < 1.29 is 14.3 Å². The van der Waals surface area contributed by atoms with Crippen molar-refractivity contribution in [1.82, 2.24) is 4.98 Å². The lowest BCUT2D eigenvalue weighted by atomic mass is 9.89. The van der Waals surface area contributed by atoms with E-state index in [2.05, 4.69) is 36.1 Å². The lowest BCUT2D eigenvalue weighted by molar-refractivity contribution is -0.118. The summed E-state index contributed by atoms with van der Waals surface area (Å²) in [5.74, 6) is 1.46. The number of aromatic nitrogens is 1. The SMILES string of the molecule is C/N=C\c1c(C(C)(C)C)[nH]c2ccc(NC(=O)C3(c4ccc5c(c4)OCO5)CC3)cc12. The second kappa shape index (κ2) is 6.87. The van der Waals surface area contributed by atoms with E-state index in [1.165, 1.54) is 0 Å². The van der Waals surface area contributed by atoms with Crippen LogP contribution in [0.5, 0.6) is 11.5 Å². The van der Waals surface area contributed by atoms with Crippen LogP contribution in [0.15, 0.2) is 41.4 Å². The molecule has 6 nitrogen and oxygen atoms in total. The highest BCUT2D eigenvalue weighted by molar-refractivity contribution is 6.05. The average molecular weight is 418 g/mol. The van der Waals surface area contributed by atoms with Crippen LogP contribution < -0.4 is 14.8 Å². The van der Waals surface area contributed by atoms with Crippen LogP contribution in [-0.4, -0.2) is 30.9 Å². The van der Waals surface area contributed by atoms with Gasteiger partial charge in [0.05, 0.1) is 5.41 Å². The van der Waals surface area contributed by atoms with Crippen LogP contribution in [0.4, 0.5) is 5.69 Å². The fourth-order valence-corrected chi connectivity index (χ4v) is 4.36. The summed E-state index contributed by atoms with van der Waals surface area (Å²) in [6.07, 6.45) is 3.54. The Bertz CT molecular complexity index is 1210. The second-order valence-electron chi connectivity index (χ2n) is 9.42. The molecule has 0 radical (unpaired) electrons. The number of aromatic amines is 1. The van der Waals surface area contributed by atoms with Crippen LogP contribution in [0.2, 0.25) is 0 Å². The zero-order valence-electron chi connectivity index (χ0n) is 18.3. The predicted octanol–water partition coefficient (Wildman–Crippen LogP) is 4.91. The molecule has 0 saturated heterocycles. The summed E-state index contributed by atoms with van der Waals surface area (Å²) in [5.41, 5.74) is 4.46. The van der Waals surface area contributed by atoms with Crippen molar-refractivity contribution in [2.45, 2.75) is 44.4 Å². The molecule has 0 bridgehead atoms. The number of aliphatic imine (C=N–C) groups is 1. The molecule has 2 N–H and O–H groups in total. The summed E-state index contributed by atoms with van der Waals surface area (Å²) < 4.78 is 10.9. The van der Waals surface area contributed by atoms with Gasteiger partial charge in [-0.25, -0.2) is 0 Å². The number of anilines is 1. The molecule has 1 saturated carbocycles. The summed E-state index contributed by atoms with van der Waals surface area (Å²) in [6, 6.07) is 11.8. The van der Waals surface area contributed by atoms with Gasteiger partial charge in [-0.3, -0.25) is 9.79 Å². The van der Waals surface area contributed by atoms with Gasteiger partial charge in [-0.15, -0.1) is 0 Å². The number of ether oxygens (including phenoxy) is 2. The Morgan fingerprint density at radius 1 is 1.13 bits per heavy atom. The van der Waals surface area contributed by atoms with E-state index in [4.69, 9.17) is 9.47 Å². The third-order valence-corrected chi connectivity index (χ3v) is 6.21. The van der Waals surface area contributed by atoms with Crippen LogP contribution >= 0.6 is 0 Å². The van der Waals surface area contributed by atoms with E-state index in [0.29, 0.717) is 5.75 Å². The van der Waals surface area contributed by atoms with Gasteiger partial charge in [0, 0.05) is 46.5 Å². The quantitative estimate of drug-likeness (QED) is 0.592. The van der Waals surface area contributed by atoms with E-state index < -0.39 is 5.41 Å². The van der Waals surface area contributed by atoms with Crippen molar-refractivity contribution in [3.05, 3.63) is 53.2 Å². The number of carbonyl (C=O) groups is 1. The normalized spacial score (nSPS) is 16.8. The predicted molar refractivity (Wildman–Crippen MR) is 123 cm³/mol. The molecule has 2 heterocycles. The van der Waals surface area contributed by atoms with Crippen LogP contribution in [0.1, 0.15) is 50.4 Å². The number of amides is 1. The van der Waals surface area contributed by atoms with Gasteiger partial charge in [0.1, 0.15) is 0 Å². The fourth-order valence-electron chi connectivity index (χ4n) is 4.36. The molecule has 1 aliphatic carbocycles. The highest BCUT2D eigenvalue weighted by Gasteiger charge is 2.51. The lowest BCUT2D eigenvalue weighted by Gasteiger charge is -2.18. The van der Waals surface area contributed by atoms with Gasteiger partial charge in [-0.2, -0.15) is 0 Å². The molecule has 31 heavy (non-hydrogen) atoms. The average Bonchev–Trinajstić information content (AvgIpc) is 3.27. The number of hydrogen-bond donors (Lipinski definition) is 2. The zero-order valence-corrected chi connectivity index (χ0v) is 18.3. The van der Waals surface area contributed by atoms with Gasteiger partial charge in [-0.05, 0) is 48.7 Å². The summed E-state index contributed by atoms with van der Waals surface area (Å²) in [7, 11) is 1.78. The first kappa shape index (κ1) is 19.7. The molecule has 3 aromatic rings. The van der Waals surface area contributed by atoms with Crippen molar-refractivity contribution in [3.63, 3.8) is 0 Å². The van der Waals surface area contributed by atoms with Crippen molar-refractivity contribution in [2.75, 3.05) is 19.2 Å². The molecule has 0 spiro atoms. The van der Waals surface area contributed by atoms with E-state index in [1.54, 1.807) is 7.05 Å². The molecular formula is C25H27N3O3. The molecular weight excluding hydrogens is 390 g/mol. The molecule has 1 aromatic heterocycles. The van der Waals surface area contributed by atoms with E-state index in [9.17, 15) is 4.79 Å². The zero-order chi connectivity index (χ0) is 21.8. The summed E-state index contributed by atoms with van der Waals surface area (Å²) >= 11 is 0. The van der Waals surface area contributed by atoms with Crippen molar-refractivity contribution >= 4 is 28.7 Å². The number of carbonyl (C=O) groups excluding carboxylic acids is 1. The standard InChI is InChI=1S/C25H27N3O3/c1-24(2,3)22-18(13-26-4)17-12-16(6-7-19(17)28-22)27-23(29)25(9-10-25)15-5-8-20-21(11-15)31-14-30-20/h5-8,11-13,28H,9-10,14H2,1-4H3,(H,27,29)/b26-13-. The largest absolute Gasteiger partial charge is 0.454 e. The van der Waals surface area contributed by atoms with E-state index in [0.717, 1.165) is 52.0 Å². The maximum Gasteiger partial charge on any atom is 0.235 e. The number of fused-ring (bicyclic) bond motifs is 2. The van der Waals surface area contributed by atoms with Gasteiger partial charge in [0.2, 0.25) is 12.7 Å². The Balaban J connectivity index is 1.46. The Morgan fingerprint density at radius 2 is 1.90 bits per heavy atom. The van der Waals surface area contributed by atoms with Gasteiger partial charge in [-0.1, -0.05) is 26.8 Å². The van der Waals surface area contributed by atoms with Crippen molar-refractivity contribution in [2.24, 2.45) is 4.99 Å². The summed E-state index contributed by atoms with van der Waals surface area (Å²) in [6.45, 7) is 6.76. The molecule has 1 fully saturated rings. The summed E-state index contributed by atoms with van der Waals surface area (Å²) in [4.78, 5) is 21.1. The smallest absolute Gasteiger partial charge is 0.235 e. The van der Waals surface area contributed by atoms with Crippen LogP contribution in [0.25, 0.3) is 10.9 Å². The first-order valence-corrected chi connectivity index (χ1v) is 10.6. The van der Waals surface area contributed by atoms with Gasteiger partial charge >= 0.3 is 0 Å². The molecule has 2 aliphatic rings. The van der Waals surface area contributed by atoms with Crippen molar-refractivity contribution in [1.29, 1.82) is 0 Å². The third-order valence-electron chi connectivity index (χ3n) is 6.21. The number of H-pyrrole nitrogens is 1. The number of hydrogen-bond acceptors (Lipinski definition) is 4. The molecule has 160 valence electrons. The van der Waals surface area contributed by atoms with E-state index in [1.807, 2.05) is 42.6 Å². The monoisotopic (exact) mass is 417 g/mol. The Morgan fingerprint density at radius 3 is 2.61 bits per heavy atom. The second-order valence-corrected chi connectivity index (χ2v) is 9.42. The number of rotatable bonds is 4. The molecule has 1 amide bonds. The molecule has 2 aromatic carbocycles. The number of nitrogens with one attached hydrogen (secondary N) is 2. The van der Waals surface area contributed by atoms with E-state index >= 15 is 0 Å². The molecule has 5 rings (SSSR count). The number of nitrogens with zero attached hydrogens (tertiary/aromatic N) is 1. The maximum absolute atomic E-state index is 13.3. The Labute approximate surface area is 181 Å². The van der Waals surface area contributed by atoms with E-state index in [-0.39, 0.29) is 18.1 Å². The minimum atomic E-state index is -0.502.